The van der Waals surface area contributed by atoms with Crippen LogP contribution in [0.5, 0.6) is 0 Å². The fourth-order valence-corrected chi connectivity index (χ4v) is 8.87. The first kappa shape index (κ1) is 29.5. The Hall–Kier alpha value is -1.52. The number of aliphatic hydroxyl groups excluding tert-OH is 1. The van der Waals surface area contributed by atoms with Gasteiger partial charge in [0.15, 0.2) is 0 Å². The number of rotatable bonds is 4. The number of carbonyl (C=O) groups is 2. The second-order valence-electron chi connectivity index (χ2n) is 12.2. The number of benzene rings is 1. The topological polar surface area (TPSA) is 85.8 Å². The van der Waals surface area contributed by atoms with Gasteiger partial charge in [0, 0.05) is 65.2 Å². The zero-order valence-corrected chi connectivity index (χ0v) is 27.1. The quantitative estimate of drug-likeness (QED) is 0.463. The number of amides is 2. The Bertz CT molecular complexity index is 1310. The molecule has 6 rings (SSSR count). The lowest BCUT2D eigenvalue weighted by molar-refractivity contribution is -0.136. The van der Waals surface area contributed by atoms with E-state index in [0.717, 1.165) is 71.3 Å². The van der Waals surface area contributed by atoms with Crippen LogP contribution < -0.4 is 5.32 Å². The van der Waals surface area contributed by atoms with Gasteiger partial charge in [0.1, 0.15) is 0 Å². The molecule has 3 saturated heterocycles. The van der Waals surface area contributed by atoms with Crippen molar-refractivity contribution in [2.24, 2.45) is 11.8 Å². The number of nitrogens with zero attached hydrogens (tertiary/aromatic N) is 3. The van der Waals surface area contributed by atoms with Crippen LogP contribution in [-0.2, 0) is 22.4 Å². The summed E-state index contributed by atoms with van der Waals surface area (Å²) in [5.74, 6) is 1.20. The standard InChI is InChI=1S/C31H37Br2ClN4O3/c32-22-12-21-2-1-20-13-23(34)14-25(33)28(20)29(30(21)36-16-22)19-5-9-37(10-6-19)27(40)11-18-3-7-38(8-4-18)31(41)26-15-24(39)17-35-26/h12-14,16,18-19,24,26,29,35,39H,1-11,15,17H2/t24-,26+,29-/m1/s1. The third-order valence-corrected chi connectivity index (χ3v) is 10.9. The van der Waals surface area contributed by atoms with Crippen LogP contribution in [0.4, 0.5) is 0 Å². The molecule has 4 aliphatic rings. The van der Waals surface area contributed by atoms with Gasteiger partial charge in [-0.1, -0.05) is 27.5 Å². The van der Waals surface area contributed by atoms with E-state index in [4.69, 9.17) is 16.6 Å². The van der Waals surface area contributed by atoms with E-state index in [-0.39, 0.29) is 23.8 Å². The van der Waals surface area contributed by atoms with E-state index < -0.39 is 6.10 Å². The van der Waals surface area contributed by atoms with E-state index in [9.17, 15) is 14.7 Å². The summed E-state index contributed by atoms with van der Waals surface area (Å²) in [7, 11) is 0. The number of nitrogens with one attached hydrogen (secondary N) is 1. The molecule has 0 bridgehead atoms. The molecule has 2 aromatic rings. The van der Waals surface area contributed by atoms with Crippen molar-refractivity contribution in [1.29, 1.82) is 0 Å². The van der Waals surface area contributed by atoms with Crippen LogP contribution in [-0.4, -0.2) is 76.6 Å². The number of carbonyl (C=O) groups excluding carboxylic acids is 2. The molecule has 7 nitrogen and oxygen atoms in total. The lowest BCUT2D eigenvalue weighted by atomic mass is 9.76. The molecule has 1 aliphatic carbocycles. The SMILES string of the molecule is O=C(CC1CCN(C(=O)[C@@H]2C[C@@H](O)CN2)CC1)N1CCC([C@H]2c3ncc(Br)cc3CCc3cc(Cl)cc(Br)c32)CC1. The van der Waals surface area contributed by atoms with E-state index in [1.807, 2.05) is 17.2 Å². The minimum atomic E-state index is -0.436. The number of aromatic nitrogens is 1. The average molecular weight is 709 g/mol. The predicted molar refractivity (Wildman–Crippen MR) is 166 cm³/mol. The maximum absolute atomic E-state index is 13.4. The Morgan fingerprint density at radius 1 is 1.00 bits per heavy atom. The molecule has 3 aliphatic heterocycles. The van der Waals surface area contributed by atoms with E-state index in [1.165, 1.54) is 16.7 Å². The van der Waals surface area contributed by atoms with E-state index in [2.05, 4.69) is 54.2 Å². The number of fused-ring (bicyclic) bond motifs is 2. The van der Waals surface area contributed by atoms with Gasteiger partial charge in [-0.3, -0.25) is 14.6 Å². The molecule has 3 fully saturated rings. The number of β-amino-alcohol motifs (C(OH)–C–C–N with tert-alkyl or cyclic N) is 1. The highest BCUT2D eigenvalue weighted by atomic mass is 79.9. The molecule has 0 radical (unpaired) electrons. The van der Waals surface area contributed by atoms with Crippen LogP contribution in [0.3, 0.4) is 0 Å². The average Bonchev–Trinajstić information content (AvgIpc) is 3.33. The van der Waals surface area contributed by atoms with Crippen LogP contribution in [0.15, 0.2) is 33.3 Å². The highest BCUT2D eigenvalue weighted by Crippen LogP contribution is 2.46. The lowest BCUT2D eigenvalue weighted by Gasteiger charge is -2.38. The minimum Gasteiger partial charge on any atom is -0.392 e. The van der Waals surface area contributed by atoms with Gasteiger partial charge in [-0.2, -0.15) is 0 Å². The number of halogens is 3. The monoisotopic (exact) mass is 706 g/mol. The molecule has 4 heterocycles. The van der Waals surface area contributed by atoms with Crippen molar-refractivity contribution in [3.8, 4) is 0 Å². The molecule has 10 heteroatoms. The number of pyridine rings is 1. The number of aliphatic hydroxyl groups is 1. The van der Waals surface area contributed by atoms with Gasteiger partial charge in [-0.15, -0.1) is 0 Å². The third kappa shape index (κ3) is 6.40. The van der Waals surface area contributed by atoms with Gasteiger partial charge >= 0.3 is 0 Å². The molecule has 41 heavy (non-hydrogen) atoms. The zero-order valence-electron chi connectivity index (χ0n) is 23.1. The first-order valence-electron chi connectivity index (χ1n) is 14.9. The van der Waals surface area contributed by atoms with Gasteiger partial charge in [-0.05, 0) is 108 Å². The van der Waals surface area contributed by atoms with E-state index in [0.29, 0.717) is 44.3 Å². The van der Waals surface area contributed by atoms with Crippen molar-refractivity contribution in [2.75, 3.05) is 32.7 Å². The Balaban J connectivity index is 1.08. The van der Waals surface area contributed by atoms with Crippen LogP contribution in [0.2, 0.25) is 5.02 Å². The number of piperidine rings is 2. The summed E-state index contributed by atoms with van der Waals surface area (Å²) in [6.45, 7) is 3.39. The fourth-order valence-electron chi connectivity index (χ4n) is 7.37. The van der Waals surface area contributed by atoms with E-state index in [1.54, 1.807) is 0 Å². The van der Waals surface area contributed by atoms with Gasteiger partial charge in [0.05, 0.1) is 17.8 Å². The minimum absolute atomic E-state index is 0.0887. The second kappa shape index (κ2) is 12.6. The second-order valence-corrected chi connectivity index (χ2v) is 14.4. The van der Waals surface area contributed by atoms with Crippen LogP contribution in [0.25, 0.3) is 0 Å². The van der Waals surface area contributed by atoms with Gasteiger partial charge < -0.3 is 20.2 Å². The van der Waals surface area contributed by atoms with Crippen LogP contribution in [0, 0.1) is 11.8 Å². The summed E-state index contributed by atoms with van der Waals surface area (Å²) in [4.78, 5) is 35.0. The lowest BCUT2D eigenvalue weighted by Crippen LogP contribution is -2.47. The number of aryl methyl sites for hydroxylation is 2. The smallest absolute Gasteiger partial charge is 0.239 e. The van der Waals surface area contributed by atoms with Crippen molar-refractivity contribution >= 4 is 55.3 Å². The molecular weight excluding hydrogens is 672 g/mol. The largest absolute Gasteiger partial charge is 0.392 e. The molecule has 1 aromatic heterocycles. The summed E-state index contributed by atoms with van der Waals surface area (Å²) < 4.78 is 2.05. The Morgan fingerprint density at radius 2 is 1.71 bits per heavy atom. The normalized spacial score (nSPS) is 25.5. The number of hydrogen-bond donors (Lipinski definition) is 2. The summed E-state index contributed by atoms with van der Waals surface area (Å²) in [6.07, 6.45) is 7.97. The molecule has 1 aromatic carbocycles. The summed E-state index contributed by atoms with van der Waals surface area (Å²) in [5.41, 5.74) is 5.03. The summed E-state index contributed by atoms with van der Waals surface area (Å²) in [6, 6.07) is 6.05. The van der Waals surface area contributed by atoms with Gasteiger partial charge in [-0.25, -0.2) is 0 Å². The maximum atomic E-state index is 13.4. The maximum Gasteiger partial charge on any atom is 0.239 e. The molecule has 0 spiro atoms. The third-order valence-electron chi connectivity index (χ3n) is 9.58. The van der Waals surface area contributed by atoms with Crippen LogP contribution >= 0.6 is 43.5 Å². The molecule has 3 atom stereocenters. The Kier molecular flexibility index (Phi) is 9.09. The van der Waals surface area contributed by atoms with Crippen molar-refractivity contribution < 1.29 is 14.7 Å². The Labute approximate surface area is 263 Å². The van der Waals surface area contributed by atoms with Gasteiger partial charge in [0.25, 0.3) is 0 Å². The zero-order chi connectivity index (χ0) is 28.7. The first-order chi connectivity index (χ1) is 19.8. The molecular formula is C31H37Br2ClN4O3. The summed E-state index contributed by atoms with van der Waals surface area (Å²) >= 11 is 13.9. The van der Waals surface area contributed by atoms with Crippen molar-refractivity contribution in [1.82, 2.24) is 20.1 Å². The van der Waals surface area contributed by atoms with Crippen molar-refractivity contribution in [3.63, 3.8) is 0 Å². The number of likely N-dealkylation sites (tertiary alicyclic amines) is 2. The van der Waals surface area contributed by atoms with E-state index >= 15 is 0 Å². The number of hydrogen-bond acceptors (Lipinski definition) is 5. The molecule has 220 valence electrons. The highest BCUT2D eigenvalue weighted by molar-refractivity contribution is 9.10. The molecule has 2 amide bonds. The highest BCUT2D eigenvalue weighted by Gasteiger charge is 2.37. The molecule has 0 saturated carbocycles. The van der Waals surface area contributed by atoms with Crippen molar-refractivity contribution in [2.45, 2.75) is 69.4 Å². The van der Waals surface area contributed by atoms with Gasteiger partial charge in [0.2, 0.25) is 11.8 Å². The summed E-state index contributed by atoms with van der Waals surface area (Å²) in [5, 5.41) is 13.6. The molecule has 0 unspecified atom stereocenters. The van der Waals surface area contributed by atoms with Crippen LogP contribution in [0.1, 0.15) is 66.8 Å². The predicted octanol–water partition coefficient (Wildman–Crippen LogP) is 5.08. The fraction of sp³-hybridized carbons (Fsp3) is 0.581. The molecule has 2 N–H and O–H groups in total. The first-order valence-corrected chi connectivity index (χ1v) is 16.8. The Morgan fingerprint density at radius 3 is 2.41 bits per heavy atom. The van der Waals surface area contributed by atoms with Crippen molar-refractivity contribution in [3.05, 3.63) is 60.7 Å².